The molecule has 2 fully saturated rings. The summed E-state index contributed by atoms with van der Waals surface area (Å²) >= 11 is 0. The first-order valence-corrected chi connectivity index (χ1v) is 11.4. The Morgan fingerprint density at radius 3 is 2.04 bits per heavy atom. The van der Waals surface area contributed by atoms with Crippen LogP contribution in [0.3, 0.4) is 0 Å². The minimum atomic E-state index is -0.833. The molecule has 0 aliphatic heterocycles. The quantitative estimate of drug-likeness (QED) is 0.432. The van der Waals surface area contributed by atoms with Gasteiger partial charge in [0.2, 0.25) is 5.82 Å². The predicted octanol–water partition coefficient (Wildman–Crippen LogP) is 7.80. The van der Waals surface area contributed by atoms with Crippen LogP contribution in [0, 0.1) is 29.4 Å². The van der Waals surface area contributed by atoms with E-state index in [2.05, 4.69) is 19.1 Å². The Bertz CT molecular complexity index is 638. The first kappa shape index (κ1) is 21.3. The Morgan fingerprint density at radius 2 is 1.46 bits per heavy atom. The third-order valence-electron chi connectivity index (χ3n) is 6.83. The second kappa shape index (κ2) is 10.4. The number of benzene rings is 1. The summed E-state index contributed by atoms with van der Waals surface area (Å²) < 4.78 is 33.8. The maximum atomic E-state index is 14.5. The van der Waals surface area contributed by atoms with Crippen molar-refractivity contribution in [1.82, 2.24) is 0 Å². The molecular weight excluding hydrogens is 354 g/mol. The molecule has 3 heteroatoms. The molecule has 1 aromatic carbocycles. The molecule has 3 rings (SSSR count). The molecule has 0 saturated heterocycles. The van der Waals surface area contributed by atoms with Crippen molar-refractivity contribution >= 4 is 0 Å². The fourth-order valence-corrected chi connectivity index (χ4v) is 5.14. The fraction of sp³-hybridized carbons (Fsp3) is 0.680. The van der Waals surface area contributed by atoms with Gasteiger partial charge in [-0.15, -0.1) is 0 Å². The molecule has 0 heterocycles. The second-order valence-electron chi connectivity index (χ2n) is 8.78. The van der Waals surface area contributed by atoms with Crippen LogP contribution < -0.4 is 4.74 Å². The van der Waals surface area contributed by atoms with E-state index in [4.69, 9.17) is 4.74 Å². The molecule has 0 bridgehead atoms. The summed E-state index contributed by atoms with van der Waals surface area (Å²) in [6, 6.07) is 3.30. The smallest absolute Gasteiger partial charge is 0.200 e. The Hall–Kier alpha value is -1.38. The van der Waals surface area contributed by atoms with Gasteiger partial charge in [-0.25, -0.2) is 4.39 Å². The van der Waals surface area contributed by atoms with Gasteiger partial charge in [-0.3, -0.25) is 0 Å². The van der Waals surface area contributed by atoms with Crippen molar-refractivity contribution in [2.75, 3.05) is 6.61 Å². The molecule has 0 N–H and O–H groups in total. The van der Waals surface area contributed by atoms with Crippen LogP contribution in [-0.2, 0) is 0 Å². The predicted molar refractivity (Wildman–Crippen MR) is 112 cm³/mol. The van der Waals surface area contributed by atoms with E-state index < -0.39 is 11.6 Å². The molecule has 0 amide bonds. The molecule has 2 aliphatic carbocycles. The first-order valence-electron chi connectivity index (χ1n) is 11.4. The Morgan fingerprint density at radius 1 is 0.857 bits per heavy atom. The summed E-state index contributed by atoms with van der Waals surface area (Å²) in [5, 5.41) is 0. The molecule has 0 atom stereocenters. The van der Waals surface area contributed by atoms with Crippen molar-refractivity contribution < 1.29 is 13.5 Å². The van der Waals surface area contributed by atoms with Crippen molar-refractivity contribution in [3.05, 3.63) is 41.5 Å². The molecule has 0 unspecified atom stereocenters. The lowest BCUT2D eigenvalue weighted by atomic mass is 9.76. The van der Waals surface area contributed by atoms with Crippen LogP contribution in [0.25, 0.3) is 0 Å². The third kappa shape index (κ3) is 5.36. The Balaban J connectivity index is 1.49. The van der Waals surface area contributed by atoms with Gasteiger partial charge in [0.15, 0.2) is 11.6 Å². The van der Waals surface area contributed by atoms with Gasteiger partial charge in [-0.1, -0.05) is 38.0 Å². The lowest BCUT2D eigenvalue weighted by molar-refractivity contribution is 0.292. The highest BCUT2D eigenvalue weighted by Crippen LogP contribution is 2.39. The maximum Gasteiger partial charge on any atom is 0.200 e. The Kier molecular flexibility index (Phi) is 7.93. The molecular formula is C25H36F2O. The number of hydrogen-bond donors (Lipinski definition) is 0. The van der Waals surface area contributed by atoms with Crippen molar-refractivity contribution in [2.24, 2.45) is 17.8 Å². The second-order valence-corrected chi connectivity index (χ2v) is 8.78. The minimum Gasteiger partial charge on any atom is -0.491 e. The monoisotopic (exact) mass is 390 g/mol. The summed E-state index contributed by atoms with van der Waals surface area (Å²) in [5.41, 5.74) is 0.526. The minimum absolute atomic E-state index is 0.0222. The van der Waals surface area contributed by atoms with Crippen LogP contribution in [0.5, 0.6) is 5.75 Å². The molecule has 28 heavy (non-hydrogen) atoms. The topological polar surface area (TPSA) is 9.23 Å². The van der Waals surface area contributed by atoms with E-state index in [-0.39, 0.29) is 11.7 Å². The molecule has 0 spiro atoms. The van der Waals surface area contributed by atoms with Gasteiger partial charge in [-0.2, -0.15) is 4.39 Å². The van der Waals surface area contributed by atoms with E-state index in [0.717, 1.165) is 37.5 Å². The lowest BCUT2D eigenvalue weighted by Crippen LogP contribution is -2.15. The largest absolute Gasteiger partial charge is 0.491 e. The summed E-state index contributed by atoms with van der Waals surface area (Å²) in [7, 11) is 0. The Labute approximate surface area is 169 Å². The van der Waals surface area contributed by atoms with E-state index in [1.165, 1.54) is 38.5 Å². The van der Waals surface area contributed by atoms with E-state index in [9.17, 15) is 8.78 Å². The normalized spacial score (nSPS) is 28.6. The van der Waals surface area contributed by atoms with Crippen LogP contribution in [-0.4, -0.2) is 6.61 Å². The summed E-state index contributed by atoms with van der Waals surface area (Å²) in [6.07, 6.45) is 17.1. The number of halogens is 2. The standard InChI is InChI=1S/C25H36F2O/c1-3-5-18-6-8-19(9-7-18)10-11-20-12-14-21(15-13-20)22-16-17-23(28-4-2)25(27)24(22)26/h10-11,16-21H,3-9,12-15H2,1-2H3. The zero-order valence-electron chi connectivity index (χ0n) is 17.6. The molecule has 2 aliphatic rings. The van der Waals surface area contributed by atoms with Crippen LogP contribution in [0.15, 0.2) is 24.3 Å². The number of allylic oxidation sites excluding steroid dienone is 2. The van der Waals surface area contributed by atoms with Crippen molar-refractivity contribution in [3.8, 4) is 5.75 Å². The SMILES string of the molecule is CCCC1CCC(C=CC2CCC(c3ccc(OCC)c(F)c3F)CC2)CC1. The van der Waals surface area contributed by atoms with Gasteiger partial charge in [-0.05, 0) is 93.6 Å². The molecule has 156 valence electrons. The van der Waals surface area contributed by atoms with Crippen LogP contribution in [0.1, 0.15) is 89.5 Å². The molecule has 0 aromatic heterocycles. The third-order valence-corrected chi connectivity index (χ3v) is 6.83. The van der Waals surface area contributed by atoms with E-state index >= 15 is 0 Å². The van der Waals surface area contributed by atoms with Crippen LogP contribution in [0.4, 0.5) is 8.78 Å². The molecule has 1 aromatic rings. The highest BCUT2D eigenvalue weighted by molar-refractivity contribution is 5.33. The van der Waals surface area contributed by atoms with Gasteiger partial charge in [0.05, 0.1) is 6.61 Å². The van der Waals surface area contributed by atoms with Gasteiger partial charge in [0.1, 0.15) is 0 Å². The van der Waals surface area contributed by atoms with E-state index in [1.54, 1.807) is 19.1 Å². The van der Waals surface area contributed by atoms with Crippen LogP contribution in [0.2, 0.25) is 0 Å². The molecule has 1 nitrogen and oxygen atoms in total. The summed E-state index contributed by atoms with van der Waals surface area (Å²) in [6.45, 7) is 4.40. The van der Waals surface area contributed by atoms with Crippen molar-refractivity contribution in [2.45, 2.75) is 84.0 Å². The van der Waals surface area contributed by atoms with Gasteiger partial charge in [0.25, 0.3) is 0 Å². The summed E-state index contributed by atoms with van der Waals surface area (Å²) in [5.74, 6) is 0.903. The highest BCUT2D eigenvalue weighted by atomic mass is 19.2. The molecule has 2 saturated carbocycles. The average Bonchev–Trinajstić information content (AvgIpc) is 2.72. The highest BCUT2D eigenvalue weighted by Gasteiger charge is 2.26. The zero-order chi connectivity index (χ0) is 19.9. The number of rotatable bonds is 7. The van der Waals surface area contributed by atoms with E-state index in [1.807, 2.05) is 0 Å². The number of ether oxygens (including phenoxy) is 1. The number of hydrogen-bond acceptors (Lipinski definition) is 1. The van der Waals surface area contributed by atoms with Gasteiger partial charge in [0, 0.05) is 0 Å². The molecule has 0 radical (unpaired) electrons. The maximum absolute atomic E-state index is 14.5. The van der Waals surface area contributed by atoms with Gasteiger partial charge < -0.3 is 4.74 Å². The first-order chi connectivity index (χ1) is 13.6. The fourth-order valence-electron chi connectivity index (χ4n) is 5.14. The van der Waals surface area contributed by atoms with Crippen molar-refractivity contribution in [1.29, 1.82) is 0 Å². The van der Waals surface area contributed by atoms with Gasteiger partial charge >= 0.3 is 0 Å². The zero-order valence-corrected chi connectivity index (χ0v) is 17.6. The lowest BCUT2D eigenvalue weighted by Gasteiger charge is -2.29. The van der Waals surface area contributed by atoms with Crippen molar-refractivity contribution in [3.63, 3.8) is 0 Å². The average molecular weight is 391 g/mol. The summed E-state index contributed by atoms with van der Waals surface area (Å²) in [4.78, 5) is 0. The van der Waals surface area contributed by atoms with E-state index in [0.29, 0.717) is 18.1 Å². The van der Waals surface area contributed by atoms with Crippen LogP contribution >= 0.6 is 0 Å².